The third kappa shape index (κ3) is 8.29. The van der Waals surface area contributed by atoms with Crippen LogP contribution in [-0.4, -0.2) is 0 Å². The summed E-state index contributed by atoms with van der Waals surface area (Å²) in [5.74, 6) is 1.90. The predicted molar refractivity (Wildman–Crippen MR) is 87.4 cm³/mol. The molecule has 1 saturated carbocycles. The van der Waals surface area contributed by atoms with Gasteiger partial charge in [0.1, 0.15) is 0 Å². The van der Waals surface area contributed by atoms with Crippen molar-refractivity contribution in [2.45, 2.75) is 84.5 Å². The van der Waals surface area contributed by atoms with E-state index in [4.69, 9.17) is 0 Å². The molecule has 19 heavy (non-hydrogen) atoms. The van der Waals surface area contributed by atoms with Gasteiger partial charge in [-0.15, -0.1) is 0 Å². The van der Waals surface area contributed by atoms with Gasteiger partial charge in [0.05, 0.1) is 0 Å². The maximum atomic E-state index is 2.52. The molecule has 0 spiro atoms. The van der Waals surface area contributed by atoms with E-state index >= 15 is 0 Å². The molecule has 110 valence electrons. The molecule has 1 aliphatic carbocycles. The van der Waals surface area contributed by atoms with Crippen molar-refractivity contribution in [3.8, 4) is 0 Å². The number of allylic oxidation sites excluding steroid dienone is 4. The van der Waals surface area contributed by atoms with Crippen LogP contribution in [0.3, 0.4) is 0 Å². The van der Waals surface area contributed by atoms with Gasteiger partial charge in [-0.1, -0.05) is 50.5 Å². The average molecular weight is 262 g/mol. The van der Waals surface area contributed by atoms with Crippen molar-refractivity contribution in [1.82, 2.24) is 0 Å². The van der Waals surface area contributed by atoms with Crippen LogP contribution < -0.4 is 0 Å². The molecule has 0 aromatic heterocycles. The van der Waals surface area contributed by atoms with Crippen LogP contribution in [0.5, 0.6) is 0 Å². The van der Waals surface area contributed by atoms with Crippen LogP contribution in [0, 0.1) is 11.8 Å². The first-order chi connectivity index (χ1) is 9.36. The third-order valence-electron chi connectivity index (χ3n) is 4.50. The monoisotopic (exact) mass is 262 g/mol. The fraction of sp³-hybridized carbons (Fsp3) is 0.789. The minimum atomic E-state index is 0.893. The summed E-state index contributed by atoms with van der Waals surface area (Å²) in [6, 6.07) is 0. The molecule has 0 bridgehead atoms. The lowest BCUT2D eigenvalue weighted by molar-refractivity contribution is 0.297. The first kappa shape index (κ1) is 16.5. The Labute approximate surface area is 121 Å². The zero-order valence-electron chi connectivity index (χ0n) is 13.2. The largest absolute Gasteiger partial charge is 0.0917 e. The molecular weight excluding hydrogens is 228 g/mol. The van der Waals surface area contributed by atoms with Gasteiger partial charge in [0, 0.05) is 0 Å². The van der Waals surface area contributed by atoms with E-state index in [9.17, 15) is 0 Å². The highest BCUT2D eigenvalue weighted by molar-refractivity contribution is 4.91. The van der Waals surface area contributed by atoms with Crippen LogP contribution in [0.1, 0.15) is 84.5 Å². The molecule has 0 N–H and O–H groups in total. The minimum absolute atomic E-state index is 0.893. The number of hydrogen-bond acceptors (Lipinski definition) is 0. The van der Waals surface area contributed by atoms with Gasteiger partial charge in [-0.2, -0.15) is 0 Å². The second kappa shape index (κ2) is 11.3. The van der Waals surface area contributed by atoms with Crippen molar-refractivity contribution in [2.24, 2.45) is 11.8 Å². The summed E-state index contributed by atoms with van der Waals surface area (Å²) in [6.07, 6.45) is 24.9. The van der Waals surface area contributed by atoms with Crippen molar-refractivity contribution in [3.05, 3.63) is 24.3 Å². The van der Waals surface area contributed by atoms with Gasteiger partial charge < -0.3 is 0 Å². The van der Waals surface area contributed by atoms with Gasteiger partial charge in [0.2, 0.25) is 0 Å². The summed E-state index contributed by atoms with van der Waals surface area (Å²) in [5, 5.41) is 0. The molecule has 0 atom stereocenters. The number of hydrogen-bond donors (Lipinski definition) is 0. The Hall–Kier alpha value is -0.520. The van der Waals surface area contributed by atoms with E-state index in [0.717, 1.165) is 11.8 Å². The van der Waals surface area contributed by atoms with E-state index in [2.05, 4.69) is 38.2 Å². The quantitative estimate of drug-likeness (QED) is 0.321. The molecule has 1 aliphatic rings. The van der Waals surface area contributed by atoms with Crippen molar-refractivity contribution < 1.29 is 0 Å². The Morgan fingerprint density at radius 3 is 2.37 bits per heavy atom. The van der Waals surface area contributed by atoms with E-state index < -0.39 is 0 Å². The van der Waals surface area contributed by atoms with E-state index in [1.807, 2.05) is 0 Å². The van der Waals surface area contributed by atoms with E-state index in [1.165, 1.54) is 70.6 Å². The van der Waals surface area contributed by atoms with Gasteiger partial charge in [-0.05, 0) is 70.1 Å². The Morgan fingerprint density at radius 2 is 1.68 bits per heavy atom. The zero-order chi connectivity index (χ0) is 13.8. The van der Waals surface area contributed by atoms with Gasteiger partial charge >= 0.3 is 0 Å². The van der Waals surface area contributed by atoms with Crippen LogP contribution >= 0.6 is 0 Å². The molecule has 0 aliphatic heterocycles. The lowest BCUT2D eigenvalue weighted by Crippen LogP contribution is -2.12. The Kier molecular flexibility index (Phi) is 9.85. The summed E-state index contributed by atoms with van der Waals surface area (Å²) in [6.45, 7) is 4.41. The summed E-state index contributed by atoms with van der Waals surface area (Å²) in [7, 11) is 0. The molecule has 0 amide bonds. The fourth-order valence-corrected chi connectivity index (χ4v) is 3.15. The molecule has 0 aromatic carbocycles. The molecule has 0 aromatic rings. The maximum Gasteiger partial charge on any atom is -0.0233 e. The van der Waals surface area contributed by atoms with Crippen LogP contribution in [0.15, 0.2) is 24.3 Å². The van der Waals surface area contributed by atoms with Crippen molar-refractivity contribution >= 4 is 0 Å². The molecule has 1 rings (SSSR count). The lowest BCUT2D eigenvalue weighted by Gasteiger charge is -2.26. The zero-order valence-corrected chi connectivity index (χ0v) is 13.2. The van der Waals surface area contributed by atoms with Gasteiger partial charge in [-0.25, -0.2) is 0 Å². The molecule has 0 heteroatoms. The van der Waals surface area contributed by atoms with E-state index in [0.29, 0.717) is 0 Å². The first-order valence-electron chi connectivity index (χ1n) is 8.64. The predicted octanol–water partition coefficient (Wildman–Crippen LogP) is 6.68. The molecule has 0 radical (unpaired) electrons. The van der Waals surface area contributed by atoms with Crippen LogP contribution in [0.25, 0.3) is 0 Å². The summed E-state index contributed by atoms with van der Waals surface area (Å²) in [5.41, 5.74) is 0. The van der Waals surface area contributed by atoms with Crippen LogP contribution in [-0.2, 0) is 0 Å². The molecule has 1 fully saturated rings. The molecule has 0 heterocycles. The highest BCUT2D eigenvalue weighted by atomic mass is 14.2. The normalized spacial score (nSPS) is 24.5. The fourth-order valence-electron chi connectivity index (χ4n) is 3.15. The molecule has 0 saturated heterocycles. The smallest absolute Gasteiger partial charge is 0.0233 e. The summed E-state index contributed by atoms with van der Waals surface area (Å²) < 4.78 is 0. The minimum Gasteiger partial charge on any atom is -0.0917 e. The van der Waals surface area contributed by atoms with E-state index in [-0.39, 0.29) is 0 Å². The maximum absolute atomic E-state index is 2.52. The lowest BCUT2D eigenvalue weighted by atomic mass is 9.80. The molecule has 0 nitrogen and oxygen atoms in total. The number of unbranched alkanes of at least 4 members (excludes halogenated alkanes) is 4. The SMILES string of the molecule is CC=CCCC1CCC(C=CCCCCCC)CC1. The molecule has 0 unspecified atom stereocenters. The van der Waals surface area contributed by atoms with E-state index in [1.54, 1.807) is 0 Å². The van der Waals surface area contributed by atoms with Gasteiger partial charge in [0.15, 0.2) is 0 Å². The van der Waals surface area contributed by atoms with Gasteiger partial charge in [0.25, 0.3) is 0 Å². The third-order valence-corrected chi connectivity index (χ3v) is 4.50. The van der Waals surface area contributed by atoms with Crippen LogP contribution in [0.2, 0.25) is 0 Å². The Balaban J connectivity index is 2.04. The Morgan fingerprint density at radius 1 is 0.895 bits per heavy atom. The first-order valence-corrected chi connectivity index (χ1v) is 8.64. The molecular formula is C19H34. The van der Waals surface area contributed by atoms with Crippen molar-refractivity contribution in [1.29, 1.82) is 0 Å². The highest BCUT2D eigenvalue weighted by Gasteiger charge is 2.18. The van der Waals surface area contributed by atoms with Crippen molar-refractivity contribution in [3.63, 3.8) is 0 Å². The topological polar surface area (TPSA) is 0 Å². The number of rotatable bonds is 9. The highest BCUT2D eigenvalue weighted by Crippen LogP contribution is 2.32. The second-order valence-corrected chi connectivity index (χ2v) is 6.20. The standard InChI is InChI=1S/C19H34/c1-3-5-7-8-9-11-13-19-16-14-18(15-17-19)12-10-6-4-2/h4,6,11,13,18-19H,3,5,7-10,12,14-17H2,1-2H3. The van der Waals surface area contributed by atoms with Crippen LogP contribution in [0.4, 0.5) is 0 Å². The van der Waals surface area contributed by atoms with Crippen molar-refractivity contribution in [2.75, 3.05) is 0 Å². The summed E-state index contributed by atoms with van der Waals surface area (Å²) >= 11 is 0. The average Bonchev–Trinajstić information content (AvgIpc) is 2.44. The van der Waals surface area contributed by atoms with Gasteiger partial charge in [-0.3, -0.25) is 0 Å². The summed E-state index contributed by atoms with van der Waals surface area (Å²) in [4.78, 5) is 0. The Bertz CT molecular complexity index is 241. The second-order valence-electron chi connectivity index (χ2n) is 6.20.